The standard InChI is InChI=1S/C17H9N3O2S/c21-15-9-5-2-1-4-8(9)14-12(15)11(10-6-3-7-23-10)13-16(18-14)19-20-17(13)22/h1-7H,(H2,18,19,20,22). The van der Waals surface area contributed by atoms with Crippen molar-refractivity contribution in [2.75, 3.05) is 0 Å². The average Bonchev–Trinajstić information content (AvgIpc) is 3.28. The van der Waals surface area contributed by atoms with Crippen LogP contribution < -0.4 is 5.56 Å². The van der Waals surface area contributed by atoms with Gasteiger partial charge in [0.05, 0.1) is 16.6 Å². The minimum Gasteiger partial charge on any atom is -0.288 e. The molecule has 3 heterocycles. The minimum absolute atomic E-state index is 0.0750. The Morgan fingerprint density at radius 2 is 1.74 bits per heavy atom. The van der Waals surface area contributed by atoms with E-state index in [0.717, 1.165) is 10.4 Å². The van der Waals surface area contributed by atoms with Crippen molar-refractivity contribution in [2.45, 2.75) is 0 Å². The molecule has 0 spiro atoms. The fourth-order valence-corrected chi connectivity index (χ4v) is 3.96. The third kappa shape index (κ3) is 1.53. The van der Waals surface area contributed by atoms with E-state index in [1.807, 2.05) is 35.7 Å². The number of nitrogens with zero attached hydrogens (tertiary/aromatic N) is 1. The first-order valence-electron chi connectivity index (χ1n) is 7.08. The summed E-state index contributed by atoms with van der Waals surface area (Å²) in [5.74, 6) is -0.0750. The highest BCUT2D eigenvalue weighted by Gasteiger charge is 2.33. The molecular formula is C17H9N3O2S. The van der Waals surface area contributed by atoms with E-state index in [4.69, 9.17) is 0 Å². The summed E-state index contributed by atoms with van der Waals surface area (Å²) in [6, 6.07) is 11.2. The Morgan fingerprint density at radius 1 is 0.913 bits per heavy atom. The van der Waals surface area contributed by atoms with Crippen molar-refractivity contribution in [2.24, 2.45) is 0 Å². The van der Waals surface area contributed by atoms with Crippen LogP contribution in [-0.4, -0.2) is 21.0 Å². The van der Waals surface area contributed by atoms with E-state index >= 15 is 0 Å². The minimum atomic E-state index is -0.262. The maximum atomic E-state index is 12.9. The molecule has 1 aliphatic carbocycles. The van der Waals surface area contributed by atoms with Gasteiger partial charge in [0.1, 0.15) is 0 Å². The number of benzene rings is 1. The monoisotopic (exact) mass is 319 g/mol. The lowest BCUT2D eigenvalue weighted by Crippen LogP contribution is -2.04. The number of thiophene rings is 1. The molecule has 0 saturated carbocycles. The number of rotatable bonds is 1. The van der Waals surface area contributed by atoms with E-state index in [1.165, 1.54) is 11.3 Å². The van der Waals surface area contributed by atoms with Crippen LogP contribution in [0.1, 0.15) is 15.9 Å². The Hall–Kier alpha value is -2.99. The van der Waals surface area contributed by atoms with Gasteiger partial charge in [-0.15, -0.1) is 11.3 Å². The number of nitrogens with one attached hydrogen (secondary N) is 2. The Morgan fingerprint density at radius 3 is 2.52 bits per heavy atom. The van der Waals surface area contributed by atoms with Crippen LogP contribution in [0.5, 0.6) is 0 Å². The topological polar surface area (TPSA) is 78.6 Å². The third-order valence-electron chi connectivity index (χ3n) is 4.14. The van der Waals surface area contributed by atoms with E-state index in [0.29, 0.717) is 33.4 Å². The molecule has 5 rings (SSSR count). The highest BCUT2D eigenvalue weighted by Crippen LogP contribution is 2.43. The second-order valence-electron chi connectivity index (χ2n) is 5.37. The highest BCUT2D eigenvalue weighted by atomic mass is 32.1. The second-order valence-corrected chi connectivity index (χ2v) is 6.31. The number of H-pyrrole nitrogens is 2. The van der Waals surface area contributed by atoms with Crippen LogP contribution in [0.3, 0.4) is 0 Å². The highest BCUT2D eigenvalue weighted by molar-refractivity contribution is 7.13. The molecule has 6 heteroatoms. The van der Waals surface area contributed by atoms with Gasteiger partial charge in [-0.25, -0.2) is 4.98 Å². The molecular weight excluding hydrogens is 310 g/mol. The zero-order valence-electron chi connectivity index (χ0n) is 11.7. The van der Waals surface area contributed by atoms with Gasteiger partial charge in [0.2, 0.25) is 0 Å². The molecule has 0 aliphatic heterocycles. The van der Waals surface area contributed by atoms with Gasteiger partial charge in [-0.3, -0.25) is 19.8 Å². The zero-order valence-corrected chi connectivity index (χ0v) is 12.5. The summed E-state index contributed by atoms with van der Waals surface area (Å²) in [7, 11) is 0. The summed E-state index contributed by atoms with van der Waals surface area (Å²) >= 11 is 1.50. The first-order chi connectivity index (χ1) is 11.3. The second kappa shape index (κ2) is 4.27. The molecule has 0 bridgehead atoms. The van der Waals surface area contributed by atoms with Gasteiger partial charge in [0, 0.05) is 21.6 Å². The zero-order chi connectivity index (χ0) is 15.6. The number of ketones is 1. The quantitative estimate of drug-likeness (QED) is 0.498. The molecule has 4 aromatic rings. The van der Waals surface area contributed by atoms with Crippen molar-refractivity contribution in [1.29, 1.82) is 0 Å². The lowest BCUT2D eigenvalue weighted by molar-refractivity contribution is 0.104. The average molecular weight is 319 g/mol. The Balaban J connectivity index is 2.02. The lowest BCUT2D eigenvalue weighted by atomic mass is 10.0. The number of aromatic nitrogens is 3. The van der Waals surface area contributed by atoms with Crippen LogP contribution in [0.4, 0.5) is 0 Å². The van der Waals surface area contributed by atoms with Crippen LogP contribution in [-0.2, 0) is 0 Å². The number of hydrogen-bond donors (Lipinski definition) is 2. The van der Waals surface area contributed by atoms with Gasteiger partial charge in [0.25, 0.3) is 5.56 Å². The molecule has 0 saturated heterocycles. The van der Waals surface area contributed by atoms with Crippen molar-refractivity contribution < 1.29 is 4.79 Å². The molecule has 1 aromatic carbocycles. The lowest BCUT2D eigenvalue weighted by Gasteiger charge is -2.06. The van der Waals surface area contributed by atoms with Crippen molar-refractivity contribution in [3.05, 3.63) is 63.3 Å². The number of carbonyl (C=O) groups excluding carboxylic acids is 1. The first kappa shape index (κ1) is 12.5. The van der Waals surface area contributed by atoms with Gasteiger partial charge in [-0.1, -0.05) is 30.3 Å². The Bertz CT molecular complexity index is 1150. The fraction of sp³-hybridized carbons (Fsp3) is 0. The van der Waals surface area contributed by atoms with E-state index in [2.05, 4.69) is 15.2 Å². The molecule has 5 nitrogen and oxygen atoms in total. The predicted molar refractivity (Wildman–Crippen MR) is 88.9 cm³/mol. The smallest absolute Gasteiger partial charge is 0.274 e. The molecule has 1 aliphatic rings. The van der Waals surface area contributed by atoms with Crippen LogP contribution >= 0.6 is 11.3 Å². The number of fused-ring (bicyclic) bond motifs is 4. The van der Waals surface area contributed by atoms with Crippen LogP contribution in [0.15, 0.2) is 46.6 Å². The Kier molecular flexibility index (Phi) is 2.33. The maximum Gasteiger partial charge on any atom is 0.274 e. The summed E-state index contributed by atoms with van der Waals surface area (Å²) in [5.41, 5.74) is 3.49. The molecule has 0 radical (unpaired) electrons. The van der Waals surface area contributed by atoms with Crippen molar-refractivity contribution in [1.82, 2.24) is 15.2 Å². The summed E-state index contributed by atoms with van der Waals surface area (Å²) < 4.78 is 0. The molecule has 0 atom stereocenters. The summed E-state index contributed by atoms with van der Waals surface area (Å²) in [6.45, 7) is 0. The predicted octanol–water partition coefficient (Wildman–Crippen LogP) is 3.19. The largest absolute Gasteiger partial charge is 0.288 e. The van der Waals surface area contributed by atoms with Crippen molar-refractivity contribution in [3.63, 3.8) is 0 Å². The molecule has 3 aromatic heterocycles. The molecule has 0 amide bonds. The Labute approximate surface area is 133 Å². The SMILES string of the molecule is O=C1c2ccccc2-c2nc3[nH][nH]c(=O)c3c(-c3cccs3)c21. The third-order valence-corrected chi connectivity index (χ3v) is 5.03. The molecule has 0 fully saturated rings. The summed E-state index contributed by atoms with van der Waals surface area (Å²) in [4.78, 5) is 30.6. The summed E-state index contributed by atoms with van der Waals surface area (Å²) in [5, 5.41) is 7.75. The molecule has 2 N–H and O–H groups in total. The van der Waals surface area contributed by atoms with Crippen LogP contribution in [0.25, 0.3) is 32.7 Å². The number of aromatic amines is 2. The molecule has 23 heavy (non-hydrogen) atoms. The van der Waals surface area contributed by atoms with E-state index in [9.17, 15) is 9.59 Å². The fourth-order valence-electron chi connectivity index (χ4n) is 3.18. The van der Waals surface area contributed by atoms with E-state index in [-0.39, 0.29) is 11.3 Å². The van der Waals surface area contributed by atoms with Gasteiger partial charge >= 0.3 is 0 Å². The number of pyridine rings is 1. The molecule has 0 unspecified atom stereocenters. The number of carbonyl (C=O) groups is 1. The van der Waals surface area contributed by atoms with Gasteiger partial charge in [-0.05, 0) is 11.4 Å². The van der Waals surface area contributed by atoms with Crippen LogP contribution in [0, 0.1) is 0 Å². The maximum absolute atomic E-state index is 12.9. The number of hydrogen-bond acceptors (Lipinski definition) is 4. The van der Waals surface area contributed by atoms with Crippen molar-refractivity contribution in [3.8, 4) is 21.7 Å². The van der Waals surface area contributed by atoms with Gasteiger partial charge in [-0.2, -0.15) is 0 Å². The van der Waals surface area contributed by atoms with E-state index in [1.54, 1.807) is 6.07 Å². The normalized spacial score (nSPS) is 12.6. The van der Waals surface area contributed by atoms with E-state index < -0.39 is 0 Å². The van der Waals surface area contributed by atoms with Gasteiger partial charge < -0.3 is 0 Å². The summed E-state index contributed by atoms with van der Waals surface area (Å²) in [6.07, 6.45) is 0. The van der Waals surface area contributed by atoms with Gasteiger partial charge in [0.15, 0.2) is 11.4 Å². The molecule has 110 valence electrons. The first-order valence-corrected chi connectivity index (χ1v) is 7.96. The van der Waals surface area contributed by atoms with Crippen molar-refractivity contribution >= 4 is 28.2 Å². The van der Waals surface area contributed by atoms with Crippen LogP contribution in [0.2, 0.25) is 0 Å².